The van der Waals surface area contributed by atoms with Crippen molar-refractivity contribution >= 4 is 17.3 Å². The molecule has 0 radical (unpaired) electrons. The minimum absolute atomic E-state index is 0.0304. The molecule has 0 bridgehead atoms. The van der Waals surface area contributed by atoms with E-state index in [4.69, 9.17) is 0 Å². The highest BCUT2D eigenvalue weighted by atomic mass is 16.8. The predicted octanol–water partition coefficient (Wildman–Crippen LogP) is 2.95. The van der Waals surface area contributed by atoms with E-state index in [2.05, 4.69) is 0 Å². The van der Waals surface area contributed by atoms with Gasteiger partial charge < -0.3 is 5.21 Å². The van der Waals surface area contributed by atoms with E-state index < -0.39 is 11.8 Å². The molecule has 0 aliphatic rings. The molecule has 24 heavy (non-hydrogen) atoms. The van der Waals surface area contributed by atoms with E-state index in [1.807, 2.05) is 0 Å². The minimum Gasteiger partial charge on any atom is -0.417 e. The molecule has 0 aliphatic carbocycles. The Hall–Kier alpha value is -2.95. The Balaban J connectivity index is 2.71. The molecule has 1 N–H and O–H groups in total. The van der Waals surface area contributed by atoms with Crippen LogP contribution in [0.2, 0.25) is 0 Å². The monoisotopic (exact) mass is 325 g/mol. The van der Waals surface area contributed by atoms with Crippen molar-refractivity contribution in [1.29, 1.82) is 0 Å². The van der Waals surface area contributed by atoms with Crippen LogP contribution in [0.25, 0.3) is 0 Å². The van der Waals surface area contributed by atoms with Crippen LogP contribution in [0, 0.1) is 11.1 Å². The lowest BCUT2D eigenvalue weighted by Gasteiger charge is -2.22. The van der Waals surface area contributed by atoms with Crippen molar-refractivity contribution in [2.45, 2.75) is 19.8 Å². The largest absolute Gasteiger partial charge is 0.417 e. The number of hydrogen-bond donors (Lipinski definition) is 1. The second kappa shape index (κ2) is 7.55. The van der Waals surface area contributed by atoms with E-state index in [0.29, 0.717) is 11.1 Å². The van der Waals surface area contributed by atoms with Crippen LogP contribution in [0.5, 0.6) is 0 Å². The van der Waals surface area contributed by atoms with Crippen LogP contribution in [0.1, 0.15) is 30.9 Å². The van der Waals surface area contributed by atoms with E-state index in [1.165, 1.54) is 13.8 Å². The van der Waals surface area contributed by atoms with Gasteiger partial charge in [-0.3, -0.25) is 14.8 Å². The van der Waals surface area contributed by atoms with Gasteiger partial charge in [-0.1, -0.05) is 48.5 Å². The average molecular weight is 325 g/mol. The first-order valence-electron chi connectivity index (χ1n) is 7.57. The van der Waals surface area contributed by atoms with Crippen LogP contribution in [-0.2, 0) is 9.59 Å². The van der Waals surface area contributed by atoms with Crippen molar-refractivity contribution in [3.63, 3.8) is 0 Å². The van der Waals surface area contributed by atoms with Gasteiger partial charge in [-0.2, -0.15) is 0 Å². The Morgan fingerprint density at radius 3 is 1.79 bits per heavy atom. The molecular weight excluding hydrogens is 306 g/mol. The highest BCUT2D eigenvalue weighted by Crippen LogP contribution is 2.31. The van der Waals surface area contributed by atoms with Crippen molar-refractivity contribution in [2.75, 3.05) is 0 Å². The van der Waals surface area contributed by atoms with Gasteiger partial charge in [0.1, 0.15) is 11.6 Å². The molecule has 5 heteroatoms. The van der Waals surface area contributed by atoms with Crippen LogP contribution in [0.3, 0.4) is 0 Å². The molecular formula is C19H19NO4. The first-order valence-corrected chi connectivity index (χ1v) is 7.57. The molecule has 0 saturated heterocycles. The smallest absolute Gasteiger partial charge is 0.260 e. The average Bonchev–Trinajstić information content (AvgIpc) is 2.55. The van der Waals surface area contributed by atoms with Crippen molar-refractivity contribution in [2.24, 2.45) is 5.92 Å². The highest BCUT2D eigenvalue weighted by molar-refractivity contribution is 6.11. The van der Waals surface area contributed by atoms with Gasteiger partial charge in [-0.25, -0.2) is 0 Å². The molecule has 0 heterocycles. The van der Waals surface area contributed by atoms with Crippen LogP contribution >= 0.6 is 0 Å². The fourth-order valence-electron chi connectivity index (χ4n) is 2.94. The third-order valence-corrected chi connectivity index (χ3v) is 3.94. The number of carbonyl (C=O) groups excluding carboxylic acids is 2. The fourth-order valence-corrected chi connectivity index (χ4v) is 2.94. The molecule has 0 spiro atoms. The van der Waals surface area contributed by atoms with Crippen LogP contribution in [0.15, 0.2) is 60.7 Å². The number of carbonyl (C=O) groups is 2. The Bertz CT molecular complexity index is 735. The van der Waals surface area contributed by atoms with Crippen LogP contribution in [-0.4, -0.2) is 27.4 Å². The molecule has 0 saturated carbocycles. The molecule has 124 valence electrons. The summed E-state index contributed by atoms with van der Waals surface area (Å²) in [4.78, 5) is 24.0. The van der Waals surface area contributed by atoms with Gasteiger partial charge in [0.25, 0.3) is 5.71 Å². The van der Waals surface area contributed by atoms with E-state index in [9.17, 15) is 20.0 Å². The first-order chi connectivity index (χ1) is 11.4. The lowest BCUT2D eigenvalue weighted by atomic mass is 9.76. The van der Waals surface area contributed by atoms with E-state index in [1.54, 1.807) is 60.7 Å². The number of nitrogens with zero attached hydrogens (tertiary/aromatic N) is 1. The zero-order valence-corrected chi connectivity index (χ0v) is 13.5. The number of ketones is 2. The quantitative estimate of drug-likeness (QED) is 0.291. The lowest BCUT2D eigenvalue weighted by molar-refractivity contribution is -0.726. The summed E-state index contributed by atoms with van der Waals surface area (Å²) in [6.07, 6.45) is 0. The maximum Gasteiger partial charge on any atom is 0.260 e. The van der Waals surface area contributed by atoms with Crippen molar-refractivity contribution in [1.82, 2.24) is 0 Å². The second-order valence-electron chi connectivity index (χ2n) is 5.61. The van der Waals surface area contributed by atoms with Crippen LogP contribution < -0.4 is 0 Å². The summed E-state index contributed by atoms with van der Waals surface area (Å²) >= 11 is 0. The highest BCUT2D eigenvalue weighted by Gasteiger charge is 2.40. The third kappa shape index (κ3) is 3.68. The first kappa shape index (κ1) is 17.4. The number of rotatable bonds is 6. The van der Waals surface area contributed by atoms with Gasteiger partial charge in [-0.05, 0) is 31.5 Å². The van der Waals surface area contributed by atoms with Gasteiger partial charge in [0.2, 0.25) is 0 Å². The Morgan fingerprint density at radius 1 is 0.917 bits per heavy atom. The summed E-state index contributed by atoms with van der Waals surface area (Å²) in [6.45, 7) is 2.63. The topological polar surface area (TPSA) is 80.4 Å². The molecule has 5 nitrogen and oxygen atoms in total. The third-order valence-electron chi connectivity index (χ3n) is 3.94. The molecule has 0 aliphatic heterocycles. The van der Waals surface area contributed by atoms with Crippen LogP contribution in [0.4, 0.5) is 0 Å². The molecule has 2 aromatic rings. The lowest BCUT2D eigenvalue weighted by Crippen LogP contribution is -2.35. The Kier molecular flexibility index (Phi) is 5.47. The maximum atomic E-state index is 12.1. The normalized spacial score (nSPS) is 13.3. The van der Waals surface area contributed by atoms with E-state index in [0.717, 1.165) is 0 Å². The molecule has 2 aromatic carbocycles. The van der Waals surface area contributed by atoms with Crippen molar-refractivity contribution in [3.8, 4) is 0 Å². The van der Waals surface area contributed by atoms with Crippen molar-refractivity contribution in [3.05, 3.63) is 77.0 Å². The zero-order chi connectivity index (χ0) is 17.7. The second-order valence-corrected chi connectivity index (χ2v) is 5.61. The summed E-state index contributed by atoms with van der Waals surface area (Å²) in [6, 6.07) is 17.3. The van der Waals surface area contributed by atoms with Gasteiger partial charge in [-0.15, -0.1) is 0 Å². The molecule has 0 fully saturated rings. The number of hydrogen-bond acceptors (Lipinski definition) is 4. The summed E-state index contributed by atoms with van der Waals surface area (Å²) in [5.74, 6) is -2.63. The minimum atomic E-state index is -1.05. The Labute approximate surface area is 140 Å². The SMILES string of the molecule is CC(=O)C(C(C)=O)C(/C(c1ccccc1)=[N+](/[O-])O)c1ccccc1. The summed E-state index contributed by atoms with van der Waals surface area (Å²) in [7, 11) is 0. The summed E-state index contributed by atoms with van der Waals surface area (Å²) < 4.78 is 0. The maximum absolute atomic E-state index is 12.1. The molecule has 1 unspecified atom stereocenters. The van der Waals surface area contributed by atoms with Gasteiger partial charge in [0.05, 0.1) is 11.8 Å². The van der Waals surface area contributed by atoms with Gasteiger partial charge >= 0.3 is 0 Å². The standard InChI is InChI=1S/C19H19NO4/c1-13(21)17(14(2)22)18(15-9-5-3-6-10-15)19(20(23)24)16-11-7-4-8-12-16/h3-12,17-18H,1-2H3,(H,23,24). The molecule has 0 amide bonds. The van der Waals surface area contributed by atoms with Gasteiger partial charge in [0, 0.05) is 10.5 Å². The molecule has 2 rings (SSSR count). The van der Waals surface area contributed by atoms with E-state index in [-0.39, 0.29) is 22.2 Å². The zero-order valence-electron chi connectivity index (χ0n) is 13.5. The summed E-state index contributed by atoms with van der Waals surface area (Å²) in [5, 5.41) is 21.6. The van der Waals surface area contributed by atoms with Gasteiger partial charge in [0.15, 0.2) is 0 Å². The number of Topliss-reactive ketones (excluding diaryl/α,β-unsaturated/α-hetero) is 2. The summed E-state index contributed by atoms with van der Waals surface area (Å²) in [5.41, 5.74) is 1.04. The molecule has 1 atom stereocenters. The number of benzene rings is 2. The van der Waals surface area contributed by atoms with E-state index >= 15 is 0 Å². The predicted molar refractivity (Wildman–Crippen MR) is 90.0 cm³/mol. The fraction of sp³-hybridized carbons (Fsp3) is 0.211. The molecule has 0 aromatic heterocycles. The van der Waals surface area contributed by atoms with Crippen molar-refractivity contribution < 1.29 is 19.7 Å². The Morgan fingerprint density at radius 2 is 1.38 bits per heavy atom.